The zero-order valence-corrected chi connectivity index (χ0v) is 11.6. The Labute approximate surface area is 116 Å². The summed E-state index contributed by atoms with van der Waals surface area (Å²) in [6, 6.07) is 3.30. The van der Waals surface area contributed by atoms with Crippen LogP contribution in [0.2, 0.25) is 0 Å². The van der Waals surface area contributed by atoms with E-state index in [2.05, 4.69) is 9.47 Å². The minimum absolute atomic E-state index is 0.183. The number of aromatic nitrogens is 1. The molecule has 7 nitrogen and oxygen atoms in total. The summed E-state index contributed by atoms with van der Waals surface area (Å²) in [4.78, 5) is 21.0. The second-order valence-corrected chi connectivity index (χ2v) is 4.49. The van der Waals surface area contributed by atoms with Crippen LogP contribution in [0.25, 0.3) is 0 Å². The Morgan fingerprint density at radius 1 is 1.05 bits per heavy atom. The molecule has 0 aliphatic carbocycles. The van der Waals surface area contributed by atoms with Crippen LogP contribution in [0.1, 0.15) is 23.0 Å². The van der Waals surface area contributed by atoms with Crippen molar-refractivity contribution in [2.75, 3.05) is 13.2 Å². The molecule has 0 amide bonds. The highest BCUT2D eigenvalue weighted by Gasteiger charge is 2.27. The Morgan fingerprint density at radius 3 is 1.80 bits per heavy atom. The highest BCUT2D eigenvalue weighted by molar-refractivity contribution is 5.57. The minimum atomic E-state index is -1.41. The van der Waals surface area contributed by atoms with Crippen LogP contribution in [0.5, 0.6) is 0 Å². The van der Waals surface area contributed by atoms with E-state index >= 15 is 0 Å². The van der Waals surface area contributed by atoms with Gasteiger partial charge < -0.3 is 19.7 Å². The van der Waals surface area contributed by atoms with Crippen molar-refractivity contribution < 1.29 is 33.8 Å². The normalized spacial score (nSPS) is 10.4. The third-order valence-electron chi connectivity index (χ3n) is 2.80. The van der Waals surface area contributed by atoms with Gasteiger partial charge in [-0.1, -0.05) is 0 Å². The van der Waals surface area contributed by atoms with Crippen molar-refractivity contribution in [1.29, 1.82) is 0 Å². The summed E-state index contributed by atoms with van der Waals surface area (Å²) in [5.41, 5.74) is 2.80. The number of pyridine rings is 1. The Bertz CT molecular complexity index is 473. The first kappa shape index (κ1) is 15.7. The third-order valence-corrected chi connectivity index (χ3v) is 2.80. The molecule has 1 rings (SSSR count). The Kier molecular flexibility index (Phi) is 5.31. The molecule has 0 aromatic carbocycles. The number of carboxylic acid groups (broad SMARTS) is 2. The Balaban J connectivity index is 3.02. The number of hydrogen-bond acceptors (Lipinski definition) is 4. The molecular formula is C13H18NO6+. The molecule has 20 heavy (non-hydrogen) atoms. The molecule has 0 saturated heterocycles. The highest BCUT2D eigenvalue weighted by atomic mass is 16.7. The van der Waals surface area contributed by atoms with Crippen molar-refractivity contribution in [3.63, 3.8) is 0 Å². The molecule has 0 saturated carbocycles. The maximum atomic E-state index is 10.5. The fraction of sp³-hybridized carbons (Fsp3) is 0.462. The average molecular weight is 284 g/mol. The van der Waals surface area contributed by atoms with Gasteiger partial charge in [0.2, 0.25) is 6.04 Å². The molecule has 0 atom stereocenters. The van der Waals surface area contributed by atoms with Gasteiger partial charge in [-0.15, -0.1) is 0 Å². The molecular weight excluding hydrogens is 266 g/mol. The van der Waals surface area contributed by atoms with Gasteiger partial charge >= 0.3 is 12.3 Å². The number of aryl methyl sites for hydroxylation is 3. The van der Waals surface area contributed by atoms with Crippen molar-refractivity contribution in [2.24, 2.45) is 0 Å². The summed E-state index contributed by atoms with van der Waals surface area (Å²) in [5, 5.41) is 17.2. The molecule has 0 aliphatic heterocycles. The zero-order valence-electron chi connectivity index (χ0n) is 11.6. The number of ether oxygens (including phenoxy) is 2. The minimum Gasteiger partial charge on any atom is -0.450 e. The topological polar surface area (TPSA) is 96.9 Å². The molecule has 110 valence electrons. The van der Waals surface area contributed by atoms with Gasteiger partial charge in [0.15, 0.2) is 24.6 Å². The predicted octanol–water partition coefficient (Wildman–Crippen LogP) is 1.83. The summed E-state index contributed by atoms with van der Waals surface area (Å²) in [5.74, 6) is 0. The van der Waals surface area contributed by atoms with Gasteiger partial charge in [0.25, 0.3) is 0 Å². The van der Waals surface area contributed by atoms with Gasteiger partial charge in [0.05, 0.1) is 0 Å². The first-order valence-electron chi connectivity index (χ1n) is 6.02. The maximum absolute atomic E-state index is 10.5. The average Bonchev–Trinajstić information content (AvgIpc) is 2.29. The third kappa shape index (κ3) is 4.42. The van der Waals surface area contributed by atoms with E-state index in [0.29, 0.717) is 0 Å². The van der Waals surface area contributed by atoms with Crippen LogP contribution in [0.3, 0.4) is 0 Å². The standard InChI is InChI=1S/C13H17NO6/c1-8-4-9(2)14(10(3)5-8)11(6-19-12(15)16)7-20-13(17)18/h4-5,11H,6-7H2,1-3H3,(H-,15,16,17,18)/p+1. The van der Waals surface area contributed by atoms with Gasteiger partial charge in [0, 0.05) is 26.0 Å². The fourth-order valence-corrected chi connectivity index (χ4v) is 2.23. The lowest BCUT2D eigenvalue weighted by Gasteiger charge is -2.15. The summed E-state index contributed by atoms with van der Waals surface area (Å²) in [6.07, 6.45) is -2.82. The number of carbonyl (C=O) groups is 2. The van der Waals surface area contributed by atoms with Crippen molar-refractivity contribution in [1.82, 2.24) is 0 Å². The number of rotatable bonds is 5. The van der Waals surface area contributed by atoms with Gasteiger partial charge in [-0.2, -0.15) is 4.57 Å². The predicted molar refractivity (Wildman–Crippen MR) is 67.8 cm³/mol. The first-order chi connectivity index (χ1) is 9.31. The first-order valence-corrected chi connectivity index (χ1v) is 6.02. The molecule has 0 spiro atoms. The second kappa shape index (κ2) is 6.74. The van der Waals surface area contributed by atoms with Crippen LogP contribution in [-0.4, -0.2) is 35.7 Å². The molecule has 0 bridgehead atoms. The van der Waals surface area contributed by atoms with E-state index in [1.54, 1.807) is 4.57 Å². The van der Waals surface area contributed by atoms with Gasteiger partial charge in [0.1, 0.15) is 0 Å². The SMILES string of the molecule is Cc1cc(C)[n+](C(COC(=O)O)COC(=O)O)c(C)c1. The van der Waals surface area contributed by atoms with Crippen LogP contribution < -0.4 is 4.57 Å². The van der Waals surface area contributed by atoms with Crippen molar-refractivity contribution in [3.8, 4) is 0 Å². The van der Waals surface area contributed by atoms with E-state index in [4.69, 9.17) is 10.2 Å². The smallest absolute Gasteiger partial charge is 0.450 e. The lowest BCUT2D eigenvalue weighted by molar-refractivity contribution is -0.736. The molecule has 0 unspecified atom stereocenters. The van der Waals surface area contributed by atoms with Gasteiger partial charge in [-0.25, -0.2) is 9.59 Å². The van der Waals surface area contributed by atoms with Crippen molar-refractivity contribution >= 4 is 12.3 Å². The lowest BCUT2D eigenvalue weighted by atomic mass is 10.1. The van der Waals surface area contributed by atoms with Gasteiger partial charge in [-0.3, -0.25) is 0 Å². The molecule has 0 radical (unpaired) electrons. The molecule has 7 heteroatoms. The molecule has 0 fully saturated rings. The zero-order chi connectivity index (χ0) is 15.3. The van der Waals surface area contributed by atoms with Gasteiger partial charge in [-0.05, 0) is 12.5 Å². The number of hydrogen-bond donors (Lipinski definition) is 2. The largest absolute Gasteiger partial charge is 0.506 e. The van der Waals surface area contributed by atoms with E-state index < -0.39 is 18.4 Å². The molecule has 1 aromatic rings. The highest BCUT2D eigenvalue weighted by Crippen LogP contribution is 2.08. The molecule has 2 N–H and O–H groups in total. The second-order valence-electron chi connectivity index (χ2n) is 4.49. The quantitative estimate of drug-likeness (QED) is 0.632. The van der Waals surface area contributed by atoms with Crippen molar-refractivity contribution in [2.45, 2.75) is 26.8 Å². The summed E-state index contributed by atoms with van der Waals surface area (Å²) in [7, 11) is 0. The molecule has 0 aliphatic rings. The van der Waals surface area contributed by atoms with E-state index in [1.165, 1.54) is 0 Å². The van der Waals surface area contributed by atoms with Crippen LogP contribution in [-0.2, 0) is 9.47 Å². The monoisotopic (exact) mass is 284 g/mol. The van der Waals surface area contributed by atoms with Crippen LogP contribution in [0.15, 0.2) is 12.1 Å². The summed E-state index contributed by atoms with van der Waals surface area (Å²) >= 11 is 0. The van der Waals surface area contributed by atoms with Crippen LogP contribution in [0.4, 0.5) is 9.59 Å². The maximum Gasteiger partial charge on any atom is 0.506 e. The van der Waals surface area contributed by atoms with E-state index in [1.807, 2.05) is 32.9 Å². The molecule has 1 aromatic heterocycles. The summed E-state index contributed by atoms with van der Waals surface area (Å²) < 4.78 is 10.9. The number of nitrogens with zero attached hydrogens (tertiary/aromatic N) is 1. The van der Waals surface area contributed by atoms with E-state index in [9.17, 15) is 9.59 Å². The lowest BCUT2D eigenvalue weighted by Crippen LogP contribution is -2.49. The Morgan fingerprint density at radius 2 is 1.45 bits per heavy atom. The Hall–Kier alpha value is -2.31. The van der Waals surface area contributed by atoms with E-state index in [0.717, 1.165) is 17.0 Å². The molecule has 1 heterocycles. The summed E-state index contributed by atoms with van der Waals surface area (Å²) in [6.45, 7) is 5.29. The fourth-order valence-electron chi connectivity index (χ4n) is 2.23. The van der Waals surface area contributed by atoms with Crippen LogP contribution >= 0.6 is 0 Å². The van der Waals surface area contributed by atoms with Crippen LogP contribution in [0, 0.1) is 20.8 Å². The van der Waals surface area contributed by atoms with E-state index in [-0.39, 0.29) is 13.2 Å². The van der Waals surface area contributed by atoms with Crippen molar-refractivity contribution in [3.05, 3.63) is 29.1 Å².